The van der Waals surface area contributed by atoms with Crippen LogP contribution in [-0.2, 0) is 6.54 Å². The molecule has 20 heavy (non-hydrogen) atoms. The second-order valence-electron chi connectivity index (χ2n) is 5.21. The fourth-order valence-electron chi connectivity index (χ4n) is 2.34. The molecule has 1 saturated carbocycles. The summed E-state index contributed by atoms with van der Waals surface area (Å²) in [6, 6.07) is 11.6. The fourth-order valence-corrected chi connectivity index (χ4v) is 3.07. The average Bonchev–Trinajstić information content (AvgIpc) is 3.18. The van der Waals surface area contributed by atoms with Gasteiger partial charge >= 0.3 is 0 Å². The molecule has 0 atom stereocenters. The van der Waals surface area contributed by atoms with Crippen molar-refractivity contribution in [1.29, 1.82) is 0 Å². The van der Waals surface area contributed by atoms with Crippen molar-refractivity contribution in [3.8, 4) is 0 Å². The summed E-state index contributed by atoms with van der Waals surface area (Å²) < 4.78 is 12.8. The van der Waals surface area contributed by atoms with Gasteiger partial charge in [-0.15, -0.1) is 11.3 Å². The van der Waals surface area contributed by atoms with Crippen molar-refractivity contribution in [2.24, 2.45) is 0 Å². The summed E-state index contributed by atoms with van der Waals surface area (Å²) in [5.74, 6) is -0.187. The topological polar surface area (TPSA) is 15.3 Å². The zero-order valence-electron chi connectivity index (χ0n) is 11.4. The summed E-state index contributed by atoms with van der Waals surface area (Å²) in [7, 11) is 0. The second-order valence-corrected chi connectivity index (χ2v) is 6.25. The first-order valence-electron chi connectivity index (χ1n) is 7.07. The summed E-state index contributed by atoms with van der Waals surface area (Å²) in [5, 5.41) is 5.50. The molecule has 106 valence electrons. The van der Waals surface area contributed by atoms with E-state index in [-0.39, 0.29) is 5.82 Å². The Bertz CT molecular complexity index is 520. The molecule has 1 aromatic carbocycles. The van der Waals surface area contributed by atoms with Crippen molar-refractivity contribution in [2.45, 2.75) is 25.4 Å². The third-order valence-electron chi connectivity index (χ3n) is 3.57. The summed E-state index contributed by atoms with van der Waals surface area (Å²) in [6.07, 6.45) is 2.64. The molecule has 1 aromatic heterocycles. The quantitative estimate of drug-likeness (QED) is 0.830. The molecule has 3 rings (SSSR count). The molecule has 0 radical (unpaired) electrons. The number of anilines is 1. The van der Waals surface area contributed by atoms with Gasteiger partial charge in [0.2, 0.25) is 0 Å². The van der Waals surface area contributed by atoms with Gasteiger partial charge in [-0.1, -0.05) is 6.07 Å². The predicted octanol–water partition coefficient (Wildman–Crippen LogP) is 3.96. The molecule has 2 nitrogen and oxygen atoms in total. The van der Waals surface area contributed by atoms with Crippen LogP contribution >= 0.6 is 11.3 Å². The van der Waals surface area contributed by atoms with Gasteiger partial charge in [-0.2, -0.15) is 0 Å². The molecule has 0 spiro atoms. The first-order chi connectivity index (χ1) is 9.81. The number of hydrogen-bond donors (Lipinski definition) is 1. The maximum absolute atomic E-state index is 12.8. The van der Waals surface area contributed by atoms with E-state index in [2.05, 4.69) is 27.7 Å². The van der Waals surface area contributed by atoms with Gasteiger partial charge in [0.15, 0.2) is 0 Å². The van der Waals surface area contributed by atoms with Crippen LogP contribution < -0.4 is 5.32 Å². The number of halogens is 1. The van der Waals surface area contributed by atoms with Gasteiger partial charge < -0.3 is 5.32 Å². The second kappa shape index (κ2) is 6.37. The summed E-state index contributed by atoms with van der Waals surface area (Å²) >= 11 is 1.82. The summed E-state index contributed by atoms with van der Waals surface area (Å²) in [5.41, 5.74) is 0.985. The van der Waals surface area contributed by atoms with E-state index in [1.165, 1.54) is 29.9 Å². The highest BCUT2D eigenvalue weighted by Gasteiger charge is 2.28. The van der Waals surface area contributed by atoms with Crippen LogP contribution in [0.2, 0.25) is 0 Å². The largest absolute Gasteiger partial charge is 0.384 e. The van der Waals surface area contributed by atoms with Crippen LogP contribution in [0.25, 0.3) is 0 Å². The SMILES string of the molecule is Fc1ccc(NCCN(Cc2cccs2)C2CC2)cc1. The van der Waals surface area contributed by atoms with Crippen molar-refractivity contribution in [2.75, 3.05) is 18.4 Å². The van der Waals surface area contributed by atoms with Gasteiger partial charge in [-0.25, -0.2) is 4.39 Å². The van der Waals surface area contributed by atoms with E-state index >= 15 is 0 Å². The molecule has 1 heterocycles. The number of nitrogens with zero attached hydrogens (tertiary/aromatic N) is 1. The molecule has 1 aliphatic carbocycles. The highest BCUT2D eigenvalue weighted by Crippen LogP contribution is 2.28. The van der Waals surface area contributed by atoms with Crippen LogP contribution in [0.5, 0.6) is 0 Å². The molecule has 4 heteroatoms. The third-order valence-corrected chi connectivity index (χ3v) is 4.44. The van der Waals surface area contributed by atoms with Crippen molar-refractivity contribution in [3.05, 3.63) is 52.5 Å². The number of thiophene rings is 1. The molecule has 0 saturated heterocycles. The molecule has 1 aliphatic rings. The average molecular weight is 290 g/mol. The molecule has 1 N–H and O–H groups in total. The first-order valence-corrected chi connectivity index (χ1v) is 7.95. The Morgan fingerprint density at radius 2 is 2.00 bits per heavy atom. The molecular formula is C16H19FN2S. The summed E-state index contributed by atoms with van der Waals surface area (Å²) in [4.78, 5) is 3.97. The van der Waals surface area contributed by atoms with Crippen LogP contribution in [0, 0.1) is 5.82 Å². The molecule has 0 aliphatic heterocycles. The van der Waals surface area contributed by atoms with Crippen molar-refractivity contribution >= 4 is 17.0 Å². The molecule has 2 aromatic rings. The highest BCUT2D eigenvalue weighted by molar-refractivity contribution is 7.09. The Balaban J connectivity index is 1.48. The number of benzene rings is 1. The Hall–Kier alpha value is -1.39. The van der Waals surface area contributed by atoms with E-state index < -0.39 is 0 Å². The predicted molar refractivity (Wildman–Crippen MR) is 82.6 cm³/mol. The van der Waals surface area contributed by atoms with Gasteiger partial charge in [-0.05, 0) is 48.6 Å². The van der Waals surface area contributed by atoms with E-state index in [4.69, 9.17) is 0 Å². The standard InChI is InChI=1S/C16H19FN2S/c17-13-3-5-14(6-4-13)18-9-10-19(15-7-8-15)12-16-2-1-11-20-16/h1-6,11,15,18H,7-10,12H2. The molecule has 0 bridgehead atoms. The van der Waals surface area contributed by atoms with Crippen LogP contribution in [0.1, 0.15) is 17.7 Å². The number of rotatable bonds is 7. The van der Waals surface area contributed by atoms with Gasteiger partial charge in [0.1, 0.15) is 5.82 Å². The van der Waals surface area contributed by atoms with E-state index in [0.717, 1.165) is 31.4 Å². The lowest BCUT2D eigenvalue weighted by atomic mass is 10.3. The molecule has 1 fully saturated rings. The third kappa shape index (κ3) is 3.81. The molecule has 0 amide bonds. The van der Waals surface area contributed by atoms with Gasteiger partial charge in [-0.3, -0.25) is 4.90 Å². The lowest BCUT2D eigenvalue weighted by molar-refractivity contribution is 0.267. The van der Waals surface area contributed by atoms with Gasteiger partial charge in [0, 0.05) is 36.2 Å². The minimum Gasteiger partial charge on any atom is -0.384 e. The maximum atomic E-state index is 12.8. The van der Waals surface area contributed by atoms with Crippen molar-refractivity contribution < 1.29 is 4.39 Å². The minimum atomic E-state index is -0.187. The minimum absolute atomic E-state index is 0.187. The first kappa shape index (κ1) is 13.6. The van der Waals surface area contributed by atoms with E-state index in [9.17, 15) is 4.39 Å². The number of hydrogen-bond acceptors (Lipinski definition) is 3. The van der Waals surface area contributed by atoms with Crippen LogP contribution in [-0.4, -0.2) is 24.0 Å². The zero-order chi connectivity index (χ0) is 13.8. The van der Waals surface area contributed by atoms with Crippen molar-refractivity contribution in [3.63, 3.8) is 0 Å². The Morgan fingerprint density at radius 3 is 2.65 bits per heavy atom. The van der Waals surface area contributed by atoms with Crippen LogP contribution in [0.3, 0.4) is 0 Å². The van der Waals surface area contributed by atoms with Gasteiger partial charge in [0.05, 0.1) is 0 Å². The van der Waals surface area contributed by atoms with Crippen molar-refractivity contribution in [1.82, 2.24) is 4.90 Å². The van der Waals surface area contributed by atoms with E-state index in [0.29, 0.717) is 0 Å². The normalized spacial score (nSPS) is 14.7. The smallest absolute Gasteiger partial charge is 0.123 e. The monoisotopic (exact) mass is 290 g/mol. The number of nitrogens with one attached hydrogen (secondary N) is 1. The van der Waals surface area contributed by atoms with E-state index in [1.54, 1.807) is 12.1 Å². The summed E-state index contributed by atoms with van der Waals surface area (Å²) in [6.45, 7) is 2.97. The Morgan fingerprint density at radius 1 is 1.20 bits per heavy atom. The Labute approximate surface area is 123 Å². The zero-order valence-corrected chi connectivity index (χ0v) is 12.2. The van der Waals surface area contributed by atoms with Crippen LogP contribution in [0.4, 0.5) is 10.1 Å². The maximum Gasteiger partial charge on any atom is 0.123 e. The molecular weight excluding hydrogens is 271 g/mol. The molecule has 0 unspecified atom stereocenters. The lowest BCUT2D eigenvalue weighted by Gasteiger charge is -2.21. The lowest BCUT2D eigenvalue weighted by Crippen LogP contribution is -2.30. The highest BCUT2D eigenvalue weighted by atomic mass is 32.1. The Kier molecular flexibility index (Phi) is 4.33. The van der Waals surface area contributed by atoms with Gasteiger partial charge in [0.25, 0.3) is 0 Å². The van der Waals surface area contributed by atoms with Crippen LogP contribution in [0.15, 0.2) is 41.8 Å². The van der Waals surface area contributed by atoms with E-state index in [1.807, 2.05) is 11.3 Å². The fraction of sp³-hybridized carbons (Fsp3) is 0.375.